The van der Waals surface area contributed by atoms with Gasteiger partial charge in [0.1, 0.15) is 5.60 Å². The van der Waals surface area contributed by atoms with Crippen molar-refractivity contribution >= 4 is 6.09 Å². The SMILES string of the molecule is CC(C)(C)OC(=O)N1CC2(COC(CN)C2)C1. The third-order valence-corrected chi connectivity index (χ3v) is 3.25. The fraction of sp³-hybridized carbons (Fsp3) is 0.917. The summed E-state index contributed by atoms with van der Waals surface area (Å²) in [5.41, 5.74) is 5.30. The van der Waals surface area contributed by atoms with Crippen molar-refractivity contribution < 1.29 is 14.3 Å². The molecule has 2 fully saturated rings. The first-order valence-corrected chi connectivity index (χ1v) is 6.13. The third kappa shape index (κ3) is 2.72. The van der Waals surface area contributed by atoms with Crippen molar-refractivity contribution in [2.45, 2.75) is 38.9 Å². The molecule has 98 valence electrons. The summed E-state index contributed by atoms with van der Waals surface area (Å²) >= 11 is 0. The van der Waals surface area contributed by atoms with Gasteiger partial charge in [-0.05, 0) is 27.2 Å². The van der Waals surface area contributed by atoms with Crippen molar-refractivity contribution in [2.75, 3.05) is 26.2 Å². The molecular weight excluding hydrogens is 220 g/mol. The Hall–Kier alpha value is -0.810. The highest BCUT2D eigenvalue weighted by molar-refractivity contribution is 5.69. The minimum atomic E-state index is -0.425. The van der Waals surface area contributed by atoms with E-state index in [1.54, 1.807) is 4.90 Å². The molecule has 0 aromatic rings. The number of carbonyl (C=O) groups is 1. The van der Waals surface area contributed by atoms with E-state index in [0.29, 0.717) is 13.2 Å². The molecule has 5 heteroatoms. The fourth-order valence-corrected chi connectivity index (χ4v) is 2.49. The molecule has 0 aliphatic carbocycles. The van der Waals surface area contributed by atoms with Crippen molar-refractivity contribution in [1.29, 1.82) is 0 Å². The van der Waals surface area contributed by atoms with Gasteiger partial charge in [-0.3, -0.25) is 0 Å². The number of hydrogen-bond donors (Lipinski definition) is 1. The molecule has 2 aliphatic rings. The second-order valence-corrected chi connectivity index (χ2v) is 6.21. The molecule has 17 heavy (non-hydrogen) atoms. The summed E-state index contributed by atoms with van der Waals surface area (Å²) in [5, 5.41) is 0. The molecule has 0 aromatic carbocycles. The molecule has 1 spiro atoms. The van der Waals surface area contributed by atoms with E-state index in [1.807, 2.05) is 20.8 Å². The molecule has 0 radical (unpaired) electrons. The lowest BCUT2D eigenvalue weighted by Gasteiger charge is -2.47. The van der Waals surface area contributed by atoms with Crippen LogP contribution in [0.1, 0.15) is 27.2 Å². The maximum Gasteiger partial charge on any atom is 0.410 e. The molecular formula is C12H22N2O3. The molecule has 0 bridgehead atoms. The number of nitrogens with two attached hydrogens (primary N) is 1. The molecule has 2 rings (SSSR count). The summed E-state index contributed by atoms with van der Waals surface area (Å²) in [4.78, 5) is 13.5. The Kier molecular flexibility index (Phi) is 3.08. The Labute approximate surface area is 102 Å². The number of rotatable bonds is 1. The maximum absolute atomic E-state index is 11.8. The number of carbonyl (C=O) groups excluding carboxylic acids is 1. The molecule has 0 aromatic heterocycles. The van der Waals surface area contributed by atoms with Crippen LogP contribution in [0.5, 0.6) is 0 Å². The van der Waals surface area contributed by atoms with Gasteiger partial charge in [-0.1, -0.05) is 0 Å². The highest BCUT2D eigenvalue weighted by atomic mass is 16.6. The van der Waals surface area contributed by atoms with Crippen molar-refractivity contribution in [3.8, 4) is 0 Å². The van der Waals surface area contributed by atoms with Gasteiger partial charge in [0, 0.05) is 25.0 Å². The zero-order valence-corrected chi connectivity index (χ0v) is 10.9. The van der Waals surface area contributed by atoms with Gasteiger partial charge in [0.15, 0.2) is 0 Å². The standard InChI is InChI=1S/C12H22N2O3/c1-11(2,3)17-10(15)14-6-12(7-14)4-9(5-13)16-8-12/h9H,4-8,13H2,1-3H3. The minimum Gasteiger partial charge on any atom is -0.444 e. The average molecular weight is 242 g/mol. The number of likely N-dealkylation sites (tertiary alicyclic amines) is 1. The van der Waals surface area contributed by atoms with E-state index in [-0.39, 0.29) is 17.6 Å². The number of ether oxygens (including phenoxy) is 2. The van der Waals surface area contributed by atoms with Gasteiger partial charge in [0.25, 0.3) is 0 Å². The minimum absolute atomic E-state index is 0.140. The van der Waals surface area contributed by atoms with Crippen LogP contribution < -0.4 is 5.73 Å². The smallest absolute Gasteiger partial charge is 0.410 e. The molecule has 2 N–H and O–H groups in total. The highest BCUT2D eigenvalue weighted by Gasteiger charge is 2.51. The van der Waals surface area contributed by atoms with E-state index >= 15 is 0 Å². The predicted molar refractivity (Wildman–Crippen MR) is 63.7 cm³/mol. The second-order valence-electron chi connectivity index (χ2n) is 6.21. The average Bonchev–Trinajstić information content (AvgIpc) is 2.56. The van der Waals surface area contributed by atoms with E-state index in [4.69, 9.17) is 15.2 Å². The zero-order chi connectivity index (χ0) is 12.7. The van der Waals surface area contributed by atoms with E-state index < -0.39 is 5.60 Å². The highest BCUT2D eigenvalue weighted by Crippen LogP contribution is 2.41. The van der Waals surface area contributed by atoms with Crippen LogP contribution in [-0.4, -0.2) is 48.9 Å². The summed E-state index contributed by atoms with van der Waals surface area (Å²) in [6, 6.07) is 0. The molecule has 1 amide bonds. The van der Waals surface area contributed by atoms with Crippen molar-refractivity contribution in [1.82, 2.24) is 4.90 Å². The topological polar surface area (TPSA) is 64.8 Å². The Morgan fingerprint density at radius 3 is 2.65 bits per heavy atom. The van der Waals surface area contributed by atoms with Crippen LogP contribution in [0.3, 0.4) is 0 Å². The first kappa shape index (κ1) is 12.6. The van der Waals surface area contributed by atoms with Gasteiger partial charge in [-0.25, -0.2) is 4.79 Å². The van der Waals surface area contributed by atoms with E-state index in [9.17, 15) is 4.79 Å². The summed E-state index contributed by atoms with van der Waals surface area (Å²) in [6.07, 6.45) is 0.901. The van der Waals surface area contributed by atoms with Crippen LogP contribution in [0.15, 0.2) is 0 Å². The van der Waals surface area contributed by atoms with Crippen LogP contribution in [0, 0.1) is 5.41 Å². The van der Waals surface area contributed by atoms with E-state index in [1.165, 1.54) is 0 Å². The summed E-state index contributed by atoms with van der Waals surface area (Å²) < 4.78 is 10.9. The van der Waals surface area contributed by atoms with Gasteiger partial charge in [0.05, 0.1) is 12.7 Å². The largest absolute Gasteiger partial charge is 0.444 e. The van der Waals surface area contributed by atoms with Crippen LogP contribution in [0.25, 0.3) is 0 Å². The first-order valence-electron chi connectivity index (χ1n) is 6.13. The molecule has 0 saturated carbocycles. The number of amides is 1. The van der Waals surface area contributed by atoms with E-state index in [2.05, 4.69) is 0 Å². The van der Waals surface area contributed by atoms with Crippen molar-refractivity contribution in [3.63, 3.8) is 0 Å². The fourth-order valence-electron chi connectivity index (χ4n) is 2.49. The Bertz CT molecular complexity index is 305. The maximum atomic E-state index is 11.8. The van der Waals surface area contributed by atoms with Gasteiger partial charge in [-0.15, -0.1) is 0 Å². The van der Waals surface area contributed by atoms with Crippen LogP contribution in [-0.2, 0) is 9.47 Å². The molecule has 2 saturated heterocycles. The van der Waals surface area contributed by atoms with Crippen LogP contribution in [0.4, 0.5) is 4.79 Å². The zero-order valence-electron chi connectivity index (χ0n) is 10.9. The van der Waals surface area contributed by atoms with E-state index in [0.717, 1.165) is 19.5 Å². The van der Waals surface area contributed by atoms with Gasteiger partial charge >= 0.3 is 6.09 Å². The first-order chi connectivity index (χ1) is 7.84. The summed E-state index contributed by atoms with van der Waals surface area (Å²) in [5.74, 6) is 0. The second kappa shape index (κ2) is 4.14. The monoisotopic (exact) mass is 242 g/mol. The van der Waals surface area contributed by atoms with Gasteiger partial charge < -0.3 is 20.1 Å². The van der Waals surface area contributed by atoms with Gasteiger partial charge in [-0.2, -0.15) is 0 Å². The lowest BCUT2D eigenvalue weighted by Crippen LogP contribution is -2.59. The Balaban J connectivity index is 1.81. The molecule has 2 aliphatic heterocycles. The van der Waals surface area contributed by atoms with Crippen LogP contribution >= 0.6 is 0 Å². The lowest BCUT2D eigenvalue weighted by molar-refractivity contribution is -0.0369. The normalized spacial score (nSPS) is 27.1. The summed E-state index contributed by atoms with van der Waals surface area (Å²) in [6.45, 7) is 8.38. The quantitative estimate of drug-likeness (QED) is 0.744. The molecule has 1 unspecified atom stereocenters. The predicted octanol–water partition coefficient (Wildman–Crippen LogP) is 0.971. The Morgan fingerprint density at radius 2 is 2.18 bits per heavy atom. The number of nitrogens with zero attached hydrogens (tertiary/aromatic N) is 1. The molecule has 2 heterocycles. The number of hydrogen-bond acceptors (Lipinski definition) is 4. The van der Waals surface area contributed by atoms with Crippen molar-refractivity contribution in [2.24, 2.45) is 11.1 Å². The van der Waals surface area contributed by atoms with Crippen molar-refractivity contribution in [3.05, 3.63) is 0 Å². The van der Waals surface area contributed by atoms with Gasteiger partial charge in [0.2, 0.25) is 0 Å². The molecule has 5 nitrogen and oxygen atoms in total. The van der Waals surface area contributed by atoms with Crippen LogP contribution in [0.2, 0.25) is 0 Å². The Morgan fingerprint density at radius 1 is 1.53 bits per heavy atom. The molecule has 1 atom stereocenters. The lowest BCUT2D eigenvalue weighted by atomic mass is 9.78. The summed E-state index contributed by atoms with van der Waals surface area (Å²) in [7, 11) is 0. The third-order valence-electron chi connectivity index (χ3n) is 3.25.